The summed E-state index contributed by atoms with van der Waals surface area (Å²) in [6.07, 6.45) is 3.44. The second-order valence-electron chi connectivity index (χ2n) is 4.51. The molecular formula is C15H12ClN3O. The van der Waals surface area contributed by atoms with Crippen molar-refractivity contribution in [3.05, 3.63) is 65.1 Å². The third kappa shape index (κ3) is 2.26. The third-order valence-electron chi connectivity index (χ3n) is 3.01. The molecule has 2 heterocycles. The van der Waals surface area contributed by atoms with Crippen LogP contribution in [0.5, 0.6) is 0 Å². The Morgan fingerprint density at radius 1 is 1.25 bits per heavy atom. The first-order chi connectivity index (χ1) is 9.65. The maximum Gasteiger partial charge on any atom is 0.274 e. The monoisotopic (exact) mass is 285 g/mol. The van der Waals surface area contributed by atoms with Gasteiger partial charge in [0.1, 0.15) is 11.3 Å². The molecule has 0 saturated heterocycles. The molecule has 0 bridgehead atoms. The number of amides is 1. The fourth-order valence-corrected chi connectivity index (χ4v) is 2.19. The van der Waals surface area contributed by atoms with Crippen LogP contribution in [0.1, 0.15) is 16.1 Å². The smallest absolute Gasteiger partial charge is 0.274 e. The van der Waals surface area contributed by atoms with Crippen LogP contribution in [0.3, 0.4) is 0 Å². The molecule has 0 aliphatic heterocycles. The lowest BCUT2D eigenvalue weighted by atomic mass is 10.3. The second-order valence-corrected chi connectivity index (χ2v) is 4.92. The van der Waals surface area contributed by atoms with Crippen molar-refractivity contribution in [3.63, 3.8) is 0 Å². The van der Waals surface area contributed by atoms with Gasteiger partial charge in [-0.05, 0) is 30.7 Å². The minimum Gasteiger partial charge on any atom is -0.319 e. The molecule has 20 heavy (non-hydrogen) atoms. The Morgan fingerprint density at radius 3 is 2.85 bits per heavy atom. The van der Waals surface area contributed by atoms with E-state index in [0.717, 1.165) is 11.2 Å². The Hall–Kier alpha value is -2.33. The number of carbonyl (C=O) groups is 1. The highest BCUT2D eigenvalue weighted by Gasteiger charge is 2.13. The molecule has 0 fully saturated rings. The van der Waals surface area contributed by atoms with Gasteiger partial charge in [0.2, 0.25) is 0 Å². The SMILES string of the molecule is Cc1ccc2ncc(C(=O)Nc3ccccc3Cl)n2c1. The van der Waals surface area contributed by atoms with E-state index in [2.05, 4.69) is 10.3 Å². The summed E-state index contributed by atoms with van der Waals surface area (Å²) >= 11 is 6.04. The van der Waals surface area contributed by atoms with Gasteiger partial charge in [0.15, 0.2) is 0 Å². The number of nitrogens with zero attached hydrogens (tertiary/aromatic N) is 2. The molecule has 2 aromatic heterocycles. The quantitative estimate of drug-likeness (QED) is 0.783. The maximum absolute atomic E-state index is 12.3. The van der Waals surface area contributed by atoms with Gasteiger partial charge in [0.05, 0.1) is 16.9 Å². The van der Waals surface area contributed by atoms with Gasteiger partial charge in [0.25, 0.3) is 5.91 Å². The molecule has 1 aromatic carbocycles. The van der Waals surface area contributed by atoms with Gasteiger partial charge in [-0.25, -0.2) is 4.98 Å². The highest BCUT2D eigenvalue weighted by Crippen LogP contribution is 2.21. The van der Waals surface area contributed by atoms with Crippen molar-refractivity contribution in [2.75, 3.05) is 5.32 Å². The Kier molecular flexibility index (Phi) is 3.16. The van der Waals surface area contributed by atoms with Crippen molar-refractivity contribution in [1.29, 1.82) is 0 Å². The normalized spacial score (nSPS) is 10.7. The van der Waals surface area contributed by atoms with E-state index < -0.39 is 0 Å². The average Bonchev–Trinajstić information content (AvgIpc) is 2.84. The van der Waals surface area contributed by atoms with Crippen molar-refractivity contribution >= 4 is 28.8 Å². The zero-order valence-corrected chi connectivity index (χ0v) is 11.6. The summed E-state index contributed by atoms with van der Waals surface area (Å²) in [5.74, 6) is -0.240. The first-order valence-electron chi connectivity index (χ1n) is 6.15. The first kappa shape index (κ1) is 12.7. The molecule has 0 saturated carbocycles. The molecule has 0 aliphatic rings. The Bertz CT molecular complexity index is 795. The molecule has 0 spiro atoms. The van der Waals surface area contributed by atoms with Crippen LogP contribution in [0, 0.1) is 6.92 Å². The number of carbonyl (C=O) groups excluding carboxylic acids is 1. The van der Waals surface area contributed by atoms with Crippen molar-refractivity contribution < 1.29 is 4.79 Å². The van der Waals surface area contributed by atoms with Crippen LogP contribution in [0.4, 0.5) is 5.69 Å². The number of hydrogen-bond acceptors (Lipinski definition) is 2. The molecular weight excluding hydrogens is 274 g/mol. The topological polar surface area (TPSA) is 46.4 Å². The Labute approximate surface area is 121 Å². The van der Waals surface area contributed by atoms with Crippen LogP contribution in [0.15, 0.2) is 48.8 Å². The van der Waals surface area contributed by atoms with Crippen molar-refractivity contribution in [3.8, 4) is 0 Å². The van der Waals surface area contributed by atoms with Gasteiger partial charge in [-0.2, -0.15) is 0 Å². The van der Waals surface area contributed by atoms with Gasteiger partial charge < -0.3 is 5.32 Å². The summed E-state index contributed by atoms with van der Waals surface area (Å²) in [6, 6.07) is 11.0. The van der Waals surface area contributed by atoms with E-state index in [0.29, 0.717) is 16.4 Å². The second kappa shape index (κ2) is 4.98. The van der Waals surface area contributed by atoms with Crippen LogP contribution in [0.25, 0.3) is 5.65 Å². The van der Waals surface area contributed by atoms with Gasteiger partial charge in [-0.15, -0.1) is 0 Å². The molecule has 1 N–H and O–H groups in total. The number of rotatable bonds is 2. The highest BCUT2D eigenvalue weighted by atomic mass is 35.5. The zero-order valence-electron chi connectivity index (χ0n) is 10.8. The van der Waals surface area contributed by atoms with E-state index in [9.17, 15) is 4.79 Å². The molecule has 0 unspecified atom stereocenters. The largest absolute Gasteiger partial charge is 0.319 e. The number of nitrogens with one attached hydrogen (secondary N) is 1. The minimum atomic E-state index is -0.240. The molecule has 5 heteroatoms. The van der Waals surface area contributed by atoms with Crippen LogP contribution < -0.4 is 5.32 Å². The van der Waals surface area contributed by atoms with E-state index in [1.54, 1.807) is 22.7 Å². The van der Waals surface area contributed by atoms with Crippen molar-refractivity contribution in [1.82, 2.24) is 9.38 Å². The predicted molar refractivity (Wildman–Crippen MR) is 79.3 cm³/mol. The standard InChI is InChI=1S/C15H12ClN3O/c1-10-6-7-14-17-8-13(19(14)9-10)15(20)18-12-5-3-2-4-11(12)16/h2-9H,1H3,(H,18,20). The Balaban J connectivity index is 1.97. The molecule has 0 atom stereocenters. The lowest BCUT2D eigenvalue weighted by Gasteiger charge is -2.07. The van der Waals surface area contributed by atoms with Gasteiger partial charge >= 0.3 is 0 Å². The van der Waals surface area contributed by atoms with Gasteiger partial charge in [0, 0.05) is 6.20 Å². The van der Waals surface area contributed by atoms with E-state index in [-0.39, 0.29) is 5.91 Å². The Morgan fingerprint density at radius 2 is 2.05 bits per heavy atom. The number of benzene rings is 1. The van der Waals surface area contributed by atoms with E-state index in [4.69, 9.17) is 11.6 Å². The number of fused-ring (bicyclic) bond motifs is 1. The van der Waals surface area contributed by atoms with Gasteiger partial charge in [-0.3, -0.25) is 9.20 Å². The molecule has 0 aliphatic carbocycles. The zero-order chi connectivity index (χ0) is 14.1. The molecule has 3 rings (SSSR count). The number of aryl methyl sites for hydroxylation is 1. The number of pyridine rings is 1. The summed E-state index contributed by atoms with van der Waals surface area (Å²) in [5, 5.41) is 3.30. The third-order valence-corrected chi connectivity index (χ3v) is 3.34. The number of imidazole rings is 1. The van der Waals surface area contributed by atoms with Crippen molar-refractivity contribution in [2.45, 2.75) is 6.92 Å². The van der Waals surface area contributed by atoms with Crippen molar-refractivity contribution in [2.24, 2.45) is 0 Å². The van der Waals surface area contributed by atoms with Crippen LogP contribution >= 0.6 is 11.6 Å². The van der Waals surface area contributed by atoms with E-state index in [1.807, 2.05) is 37.4 Å². The number of halogens is 1. The van der Waals surface area contributed by atoms with E-state index in [1.165, 1.54) is 0 Å². The van der Waals surface area contributed by atoms with Crippen LogP contribution in [0.2, 0.25) is 5.02 Å². The lowest BCUT2D eigenvalue weighted by molar-refractivity contribution is 0.102. The minimum absolute atomic E-state index is 0.240. The molecule has 1 amide bonds. The molecule has 4 nitrogen and oxygen atoms in total. The summed E-state index contributed by atoms with van der Waals surface area (Å²) in [5.41, 5.74) is 2.85. The predicted octanol–water partition coefficient (Wildman–Crippen LogP) is 3.55. The fraction of sp³-hybridized carbons (Fsp3) is 0.0667. The lowest BCUT2D eigenvalue weighted by Crippen LogP contribution is -2.14. The van der Waals surface area contributed by atoms with Gasteiger partial charge in [-0.1, -0.05) is 29.8 Å². The summed E-state index contributed by atoms with van der Waals surface area (Å²) in [7, 11) is 0. The number of para-hydroxylation sites is 1. The summed E-state index contributed by atoms with van der Waals surface area (Å²) in [6.45, 7) is 1.97. The number of aromatic nitrogens is 2. The fourth-order valence-electron chi connectivity index (χ4n) is 2.00. The molecule has 100 valence electrons. The van der Waals surface area contributed by atoms with Crippen LogP contribution in [-0.4, -0.2) is 15.3 Å². The summed E-state index contributed by atoms with van der Waals surface area (Å²) in [4.78, 5) is 16.5. The van der Waals surface area contributed by atoms with E-state index >= 15 is 0 Å². The number of anilines is 1. The first-order valence-corrected chi connectivity index (χ1v) is 6.52. The highest BCUT2D eigenvalue weighted by molar-refractivity contribution is 6.33. The average molecular weight is 286 g/mol. The number of hydrogen-bond donors (Lipinski definition) is 1. The summed E-state index contributed by atoms with van der Waals surface area (Å²) < 4.78 is 1.77. The molecule has 3 aromatic rings. The van der Waals surface area contributed by atoms with Crippen LogP contribution in [-0.2, 0) is 0 Å². The molecule has 0 radical (unpaired) electrons. The maximum atomic E-state index is 12.3.